The van der Waals surface area contributed by atoms with Crippen LogP contribution >= 0.6 is 0 Å². The van der Waals surface area contributed by atoms with Gasteiger partial charge in [-0.1, -0.05) is 96.5 Å². The average molecular weight is 1140 g/mol. The first-order valence-corrected chi connectivity index (χ1v) is 18.7. The number of nitrogens with zero attached hydrogens (tertiary/aromatic N) is 10. The predicted octanol–water partition coefficient (Wildman–Crippen LogP) is 9.86. The van der Waals surface area contributed by atoms with Crippen LogP contribution in [0.5, 0.6) is 0 Å². The van der Waals surface area contributed by atoms with E-state index in [0.29, 0.717) is 0 Å². The van der Waals surface area contributed by atoms with Crippen molar-refractivity contribution in [3.8, 4) is 0 Å². The zero-order valence-corrected chi connectivity index (χ0v) is 37.0. The van der Waals surface area contributed by atoms with Crippen molar-refractivity contribution in [1.29, 1.82) is 0 Å². The molecule has 0 bridgehead atoms. The molecule has 2 aliphatic rings. The number of fused-ring (bicyclic) bond motifs is 8. The second-order valence-electron chi connectivity index (χ2n) is 13.4. The summed E-state index contributed by atoms with van der Waals surface area (Å²) in [6.45, 7) is 4.03. The largest absolute Gasteiger partial charge is 0.502 e. The summed E-state index contributed by atoms with van der Waals surface area (Å²) in [6.07, 6.45) is 7.16. The summed E-state index contributed by atoms with van der Waals surface area (Å²) in [5.74, 6) is 1.90. The summed E-state index contributed by atoms with van der Waals surface area (Å²) >= 11 is 0. The molecule has 2 aliphatic heterocycles. The molecule has 0 spiro atoms. The third kappa shape index (κ3) is 8.67. The Labute approximate surface area is 377 Å². The Morgan fingerprint density at radius 3 is 1.25 bits per heavy atom. The summed E-state index contributed by atoms with van der Waals surface area (Å²) < 4.78 is 0. The molecule has 10 nitrogen and oxygen atoms in total. The SMILES string of the molecule is CN1[CH-]N(c2[c-]cccc2)c2ncccc21.CN1[CH-]N(c2[c-]cccc2)c2ncccc21.[Pt].[Pt].c1ccc2c(c1)[n-]c1ncccc12.c1ccc2c(c1)[n-]c1ncccc12. The van der Waals surface area contributed by atoms with Crippen molar-refractivity contribution in [2.75, 3.05) is 33.7 Å². The van der Waals surface area contributed by atoms with Gasteiger partial charge < -0.3 is 39.5 Å². The molecule has 0 saturated heterocycles. The molecule has 12 rings (SSSR count). The van der Waals surface area contributed by atoms with Crippen molar-refractivity contribution in [2.24, 2.45) is 0 Å². The van der Waals surface area contributed by atoms with Crippen LogP contribution in [-0.4, -0.2) is 34.0 Å². The van der Waals surface area contributed by atoms with Gasteiger partial charge in [-0.3, -0.25) is 0 Å². The molecule has 0 fully saturated rings. The number of rotatable bonds is 2. The molecule has 0 N–H and O–H groups in total. The van der Waals surface area contributed by atoms with Gasteiger partial charge in [-0.15, -0.1) is 11.4 Å². The van der Waals surface area contributed by atoms with E-state index in [9.17, 15) is 0 Å². The van der Waals surface area contributed by atoms with Crippen LogP contribution in [0.1, 0.15) is 0 Å². The number of benzene rings is 4. The van der Waals surface area contributed by atoms with Crippen molar-refractivity contribution < 1.29 is 42.1 Å². The molecule has 0 atom stereocenters. The van der Waals surface area contributed by atoms with E-state index in [1.807, 2.05) is 159 Å². The van der Waals surface area contributed by atoms with Gasteiger partial charge >= 0.3 is 0 Å². The van der Waals surface area contributed by atoms with Crippen LogP contribution in [0.3, 0.4) is 0 Å². The van der Waals surface area contributed by atoms with E-state index in [-0.39, 0.29) is 42.1 Å². The van der Waals surface area contributed by atoms with E-state index in [1.54, 1.807) is 12.4 Å². The molecule has 6 aromatic heterocycles. The molecule has 0 radical (unpaired) electrons. The Bertz CT molecular complexity index is 2640. The van der Waals surface area contributed by atoms with Crippen LogP contribution in [0.2, 0.25) is 0 Å². The molecule has 0 saturated carbocycles. The van der Waals surface area contributed by atoms with Crippen LogP contribution < -0.4 is 29.6 Å². The second kappa shape index (κ2) is 19.2. The maximum absolute atomic E-state index is 4.40. The minimum atomic E-state index is 0. The van der Waals surface area contributed by atoms with Crippen LogP contribution in [0.15, 0.2) is 170 Å². The van der Waals surface area contributed by atoms with Gasteiger partial charge in [-0.25, -0.2) is 9.97 Å². The summed E-state index contributed by atoms with van der Waals surface area (Å²) in [7, 11) is 4.03. The number of para-hydroxylation sites is 4. The maximum atomic E-state index is 4.40. The van der Waals surface area contributed by atoms with Gasteiger partial charge in [0.25, 0.3) is 0 Å². The second-order valence-corrected chi connectivity index (χ2v) is 13.4. The van der Waals surface area contributed by atoms with E-state index in [2.05, 4.69) is 88.2 Å². The normalized spacial score (nSPS) is 12.3. The fourth-order valence-corrected chi connectivity index (χ4v) is 6.92. The fourth-order valence-electron chi connectivity index (χ4n) is 6.92. The summed E-state index contributed by atoms with van der Waals surface area (Å²) in [4.78, 5) is 34.2. The van der Waals surface area contributed by atoms with Gasteiger partial charge in [0.2, 0.25) is 0 Å². The monoisotopic (exact) mass is 1140 g/mol. The Balaban J connectivity index is 0.000000120. The quantitative estimate of drug-likeness (QED) is 0.156. The van der Waals surface area contributed by atoms with Crippen molar-refractivity contribution >= 4 is 78.3 Å². The molecule has 0 aliphatic carbocycles. The van der Waals surface area contributed by atoms with E-state index in [4.69, 9.17) is 0 Å². The zero-order chi connectivity index (χ0) is 39.3. The van der Waals surface area contributed by atoms with Crippen LogP contribution in [0.4, 0.5) is 34.4 Å². The molecule has 60 heavy (non-hydrogen) atoms. The number of hydrogen-bond donors (Lipinski definition) is 0. The van der Waals surface area contributed by atoms with E-state index in [0.717, 1.165) is 67.5 Å². The molecule has 0 unspecified atom stereocenters. The Morgan fingerprint density at radius 2 is 0.817 bits per heavy atom. The number of hydrogen-bond acceptors (Lipinski definition) is 8. The fraction of sp³-hybridized carbons (Fsp3) is 0.0417. The number of aromatic nitrogens is 6. The van der Waals surface area contributed by atoms with Gasteiger partial charge in [-0.2, -0.15) is 74.0 Å². The van der Waals surface area contributed by atoms with Crippen LogP contribution in [-0.2, 0) is 42.1 Å². The summed E-state index contributed by atoms with van der Waals surface area (Å²) in [5.41, 5.74) is 7.96. The smallest absolute Gasteiger partial charge is 0.124 e. The molecule has 304 valence electrons. The molecule has 12 heteroatoms. The first-order chi connectivity index (χ1) is 28.6. The van der Waals surface area contributed by atoms with Gasteiger partial charge in [0, 0.05) is 65.9 Å². The molecular formula is C48H36N10Pt2-6. The van der Waals surface area contributed by atoms with Crippen molar-refractivity contribution in [3.05, 3.63) is 196 Å². The maximum Gasteiger partial charge on any atom is 0.124 e. The Kier molecular flexibility index (Phi) is 13.3. The van der Waals surface area contributed by atoms with Gasteiger partial charge in [0.1, 0.15) is 11.6 Å². The molecule has 10 aromatic rings. The molecule has 0 amide bonds. The Hall–Kier alpha value is -6.34. The van der Waals surface area contributed by atoms with E-state index >= 15 is 0 Å². The van der Waals surface area contributed by atoms with Crippen LogP contribution in [0.25, 0.3) is 43.9 Å². The first kappa shape index (κ1) is 41.8. The minimum Gasteiger partial charge on any atom is -0.502 e. The minimum absolute atomic E-state index is 0. The first-order valence-electron chi connectivity index (χ1n) is 18.7. The summed E-state index contributed by atoms with van der Waals surface area (Å²) in [5, 5.41) is 4.65. The zero-order valence-electron chi connectivity index (χ0n) is 32.4. The Morgan fingerprint density at radius 1 is 0.433 bits per heavy atom. The topological polar surface area (TPSA) is 92.7 Å². The number of anilines is 6. The van der Waals surface area contributed by atoms with Crippen molar-refractivity contribution in [3.63, 3.8) is 0 Å². The van der Waals surface area contributed by atoms with Gasteiger partial charge in [0.05, 0.1) is 0 Å². The third-order valence-electron chi connectivity index (χ3n) is 9.64. The number of pyridine rings is 4. The van der Waals surface area contributed by atoms with Crippen LogP contribution in [0, 0.1) is 25.5 Å². The predicted molar refractivity (Wildman–Crippen MR) is 234 cm³/mol. The summed E-state index contributed by atoms with van der Waals surface area (Å²) in [6, 6.07) is 54.4. The van der Waals surface area contributed by atoms with Crippen molar-refractivity contribution in [1.82, 2.24) is 29.9 Å². The van der Waals surface area contributed by atoms with E-state index < -0.39 is 0 Å². The average Bonchev–Trinajstić information content (AvgIpc) is 4.05. The van der Waals surface area contributed by atoms with Gasteiger partial charge in [-0.05, 0) is 70.9 Å². The molecular weight excluding hydrogens is 1110 g/mol. The molecule has 8 heterocycles. The standard InChI is InChI=1S/2C13H11N3.2C11H7N2.2Pt/c2*1-15-10-16(11-6-3-2-4-7-11)13-12(15)8-5-9-14-13;2*1-2-6-10-8(4-1)9-5-3-7-12-11(9)13-10;;/h2*2-6,8-10H,1H3;2*1-7H;;/q2*-2;2*-1;;. The van der Waals surface area contributed by atoms with Gasteiger partial charge in [0.15, 0.2) is 0 Å². The third-order valence-corrected chi connectivity index (χ3v) is 9.64. The molecule has 4 aromatic carbocycles. The van der Waals surface area contributed by atoms with E-state index in [1.165, 1.54) is 10.8 Å². The van der Waals surface area contributed by atoms with Crippen molar-refractivity contribution in [2.45, 2.75) is 0 Å².